The number of carbonyl (C=O) groups excluding carboxylic acids is 1. The number of aromatic amines is 1. The van der Waals surface area contributed by atoms with Gasteiger partial charge in [0.25, 0.3) is 5.91 Å². The standard InChI is InChI=1S/C17H16BrN3OS2/c1-23-21-15-8-12(18)7-14(9-15)20-17(22)16-6-11(10-24-16)5-13-3-2-4-19-13/h2-4,6-10,19,21H,5H2,1H3,(H,20,22). The highest BCUT2D eigenvalue weighted by molar-refractivity contribution is 9.10. The Morgan fingerprint density at radius 1 is 1.29 bits per heavy atom. The van der Waals surface area contributed by atoms with Crippen LogP contribution in [0.5, 0.6) is 0 Å². The molecule has 0 atom stereocenters. The van der Waals surface area contributed by atoms with Gasteiger partial charge in [-0.3, -0.25) is 4.79 Å². The Balaban J connectivity index is 1.70. The molecule has 2 heterocycles. The second-order valence-electron chi connectivity index (χ2n) is 5.18. The average Bonchev–Trinajstić information content (AvgIpc) is 3.19. The van der Waals surface area contributed by atoms with Gasteiger partial charge in [0.05, 0.1) is 4.88 Å². The van der Waals surface area contributed by atoms with Gasteiger partial charge in [-0.2, -0.15) is 0 Å². The first-order valence-corrected chi connectivity index (χ1v) is 10.1. The van der Waals surface area contributed by atoms with Crippen molar-refractivity contribution in [2.24, 2.45) is 0 Å². The van der Waals surface area contributed by atoms with Gasteiger partial charge < -0.3 is 15.0 Å². The lowest BCUT2D eigenvalue weighted by Crippen LogP contribution is -2.10. The first-order valence-electron chi connectivity index (χ1n) is 7.24. The van der Waals surface area contributed by atoms with Crippen LogP contribution in [0, 0.1) is 0 Å². The van der Waals surface area contributed by atoms with E-state index in [1.165, 1.54) is 23.3 Å². The van der Waals surface area contributed by atoms with Crippen LogP contribution in [0.15, 0.2) is 52.4 Å². The van der Waals surface area contributed by atoms with Crippen LogP contribution in [0.1, 0.15) is 20.9 Å². The molecule has 0 fully saturated rings. The number of hydrogen-bond donors (Lipinski definition) is 3. The van der Waals surface area contributed by atoms with Gasteiger partial charge >= 0.3 is 0 Å². The van der Waals surface area contributed by atoms with Crippen molar-refractivity contribution in [3.8, 4) is 0 Å². The molecule has 0 spiro atoms. The summed E-state index contributed by atoms with van der Waals surface area (Å²) in [5, 5.41) is 4.98. The van der Waals surface area contributed by atoms with Gasteiger partial charge in [-0.15, -0.1) is 11.3 Å². The zero-order valence-electron chi connectivity index (χ0n) is 12.9. The Bertz CT molecular complexity index is 830. The number of hydrogen-bond acceptors (Lipinski definition) is 4. The van der Waals surface area contributed by atoms with Crippen LogP contribution in [-0.2, 0) is 6.42 Å². The molecule has 24 heavy (non-hydrogen) atoms. The normalized spacial score (nSPS) is 10.6. The van der Waals surface area contributed by atoms with Crippen LogP contribution in [0.3, 0.4) is 0 Å². The Hall–Kier alpha value is -1.70. The van der Waals surface area contributed by atoms with E-state index in [0.29, 0.717) is 4.88 Å². The summed E-state index contributed by atoms with van der Waals surface area (Å²) in [5.74, 6) is -0.0917. The highest BCUT2D eigenvalue weighted by Gasteiger charge is 2.11. The highest BCUT2D eigenvalue weighted by atomic mass is 79.9. The average molecular weight is 422 g/mol. The smallest absolute Gasteiger partial charge is 0.265 e. The predicted octanol–water partition coefficient (Wildman–Crippen LogP) is 5.37. The number of amides is 1. The second-order valence-corrected chi connectivity index (χ2v) is 7.62. The summed E-state index contributed by atoms with van der Waals surface area (Å²) in [6.45, 7) is 0. The number of aromatic nitrogens is 1. The van der Waals surface area contributed by atoms with Crippen molar-refractivity contribution in [2.75, 3.05) is 16.3 Å². The summed E-state index contributed by atoms with van der Waals surface area (Å²) in [6.07, 6.45) is 4.66. The van der Waals surface area contributed by atoms with E-state index in [1.54, 1.807) is 0 Å². The van der Waals surface area contributed by atoms with Crippen LogP contribution < -0.4 is 10.0 Å². The fourth-order valence-electron chi connectivity index (χ4n) is 2.32. The molecular weight excluding hydrogens is 406 g/mol. The summed E-state index contributed by atoms with van der Waals surface area (Å²) in [7, 11) is 0. The first-order chi connectivity index (χ1) is 11.6. The van der Waals surface area contributed by atoms with E-state index in [9.17, 15) is 4.79 Å². The summed E-state index contributed by atoms with van der Waals surface area (Å²) in [6, 6.07) is 11.7. The molecule has 0 aliphatic carbocycles. The van der Waals surface area contributed by atoms with Crippen LogP contribution >= 0.6 is 39.2 Å². The number of nitrogens with one attached hydrogen (secondary N) is 3. The summed E-state index contributed by atoms with van der Waals surface area (Å²) in [5.41, 5.74) is 3.96. The third kappa shape index (κ3) is 4.43. The third-order valence-corrected chi connectivity index (χ3v) is 5.19. The molecule has 0 saturated heterocycles. The van der Waals surface area contributed by atoms with E-state index < -0.39 is 0 Å². The van der Waals surface area contributed by atoms with Gasteiger partial charge in [-0.1, -0.05) is 27.9 Å². The molecule has 1 aromatic carbocycles. The maximum absolute atomic E-state index is 12.5. The zero-order chi connectivity index (χ0) is 16.9. The number of halogens is 1. The molecule has 1 amide bonds. The maximum atomic E-state index is 12.5. The number of H-pyrrole nitrogens is 1. The molecule has 3 aromatic rings. The molecule has 0 unspecified atom stereocenters. The molecule has 4 nitrogen and oxygen atoms in total. The number of carbonyl (C=O) groups is 1. The molecule has 7 heteroatoms. The highest BCUT2D eigenvalue weighted by Crippen LogP contribution is 2.26. The van der Waals surface area contributed by atoms with Crippen molar-refractivity contribution in [1.82, 2.24) is 4.98 Å². The van der Waals surface area contributed by atoms with E-state index in [2.05, 4.69) is 31.0 Å². The van der Waals surface area contributed by atoms with Crippen LogP contribution in [0.25, 0.3) is 0 Å². The Kier molecular flexibility index (Phi) is 5.65. The molecular formula is C17H16BrN3OS2. The number of benzene rings is 1. The molecule has 0 bridgehead atoms. The summed E-state index contributed by atoms with van der Waals surface area (Å²) >= 11 is 6.43. The molecule has 0 radical (unpaired) electrons. The Labute approximate surface area is 157 Å². The SMILES string of the molecule is CSNc1cc(Br)cc(NC(=O)c2cc(Cc3ccc[nH]3)cs2)c1. The van der Waals surface area contributed by atoms with Gasteiger partial charge in [0.1, 0.15) is 0 Å². The van der Waals surface area contributed by atoms with Gasteiger partial charge in [-0.05, 0) is 47.3 Å². The van der Waals surface area contributed by atoms with Crippen molar-refractivity contribution in [1.29, 1.82) is 0 Å². The molecule has 0 saturated carbocycles. The number of thiophene rings is 1. The van der Waals surface area contributed by atoms with Gasteiger partial charge in [0, 0.05) is 40.4 Å². The van der Waals surface area contributed by atoms with Crippen molar-refractivity contribution >= 4 is 56.5 Å². The van der Waals surface area contributed by atoms with E-state index in [0.717, 1.165) is 33.5 Å². The lowest BCUT2D eigenvalue weighted by molar-refractivity contribution is 0.103. The molecule has 124 valence electrons. The molecule has 3 N–H and O–H groups in total. The van der Waals surface area contributed by atoms with Crippen LogP contribution in [0.4, 0.5) is 11.4 Å². The van der Waals surface area contributed by atoms with Crippen LogP contribution in [-0.4, -0.2) is 17.1 Å². The summed E-state index contributed by atoms with van der Waals surface area (Å²) < 4.78 is 4.08. The summed E-state index contributed by atoms with van der Waals surface area (Å²) in [4.78, 5) is 16.3. The maximum Gasteiger partial charge on any atom is 0.265 e. The minimum atomic E-state index is -0.0917. The van der Waals surface area contributed by atoms with Gasteiger partial charge in [0.2, 0.25) is 0 Å². The lowest BCUT2D eigenvalue weighted by Gasteiger charge is -2.08. The van der Waals surface area contributed by atoms with E-state index >= 15 is 0 Å². The predicted molar refractivity (Wildman–Crippen MR) is 107 cm³/mol. The van der Waals surface area contributed by atoms with E-state index in [1.807, 2.05) is 54.2 Å². The lowest BCUT2D eigenvalue weighted by atomic mass is 10.2. The second kappa shape index (κ2) is 7.92. The molecule has 0 aliphatic heterocycles. The van der Waals surface area contributed by atoms with E-state index in [4.69, 9.17) is 0 Å². The fraction of sp³-hybridized carbons (Fsp3) is 0.118. The topological polar surface area (TPSA) is 56.9 Å². The van der Waals surface area contributed by atoms with E-state index in [-0.39, 0.29) is 5.91 Å². The zero-order valence-corrected chi connectivity index (χ0v) is 16.1. The van der Waals surface area contributed by atoms with Crippen molar-refractivity contribution in [3.05, 3.63) is 68.6 Å². The first kappa shape index (κ1) is 17.1. The molecule has 0 aliphatic rings. The number of rotatable bonds is 6. The van der Waals surface area contributed by atoms with Gasteiger partial charge in [-0.25, -0.2) is 0 Å². The third-order valence-electron chi connectivity index (χ3n) is 3.31. The van der Waals surface area contributed by atoms with Gasteiger partial charge in [0.15, 0.2) is 0 Å². The van der Waals surface area contributed by atoms with Crippen molar-refractivity contribution in [2.45, 2.75) is 6.42 Å². The minimum Gasteiger partial charge on any atom is -0.365 e. The van der Waals surface area contributed by atoms with Crippen molar-refractivity contribution in [3.63, 3.8) is 0 Å². The number of anilines is 2. The molecule has 2 aromatic heterocycles. The molecule has 3 rings (SSSR count). The minimum absolute atomic E-state index is 0.0917. The van der Waals surface area contributed by atoms with Crippen molar-refractivity contribution < 1.29 is 4.79 Å². The largest absolute Gasteiger partial charge is 0.365 e. The Morgan fingerprint density at radius 3 is 2.88 bits per heavy atom. The monoisotopic (exact) mass is 421 g/mol. The van der Waals surface area contributed by atoms with Crippen LogP contribution in [0.2, 0.25) is 0 Å². The quantitative estimate of drug-likeness (QED) is 0.468. The Morgan fingerprint density at radius 2 is 2.12 bits per heavy atom. The fourth-order valence-corrected chi connectivity index (χ4v) is 3.97.